The number of hydroxylamine groups is 2. The van der Waals surface area contributed by atoms with E-state index in [0.29, 0.717) is 6.54 Å². The minimum Gasteiger partial charge on any atom is -0.328 e. The van der Waals surface area contributed by atoms with Crippen LogP contribution in [-0.4, -0.2) is 24.8 Å². The summed E-state index contributed by atoms with van der Waals surface area (Å²) in [6.45, 7) is 2.41. The van der Waals surface area contributed by atoms with Crippen molar-refractivity contribution in [1.82, 2.24) is 5.06 Å². The summed E-state index contributed by atoms with van der Waals surface area (Å²) in [5.74, 6) is 0. The highest BCUT2D eigenvalue weighted by Gasteiger charge is 2.23. The van der Waals surface area contributed by atoms with Crippen molar-refractivity contribution in [2.45, 2.75) is 18.9 Å². The van der Waals surface area contributed by atoms with E-state index >= 15 is 0 Å². The Morgan fingerprint density at radius 2 is 2.47 bits per heavy atom. The molecule has 1 saturated heterocycles. The molecule has 1 atom stereocenters. The first kappa shape index (κ1) is 11.5. The van der Waals surface area contributed by atoms with Crippen LogP contribution in [0.4, 0.5) is 0 Å². The van der Waals surface area contributed by atoms with Crippen molar-refractivity contribution in [2.75, 3.05) is 19.7 Å². The van der Waals surface area contributed by atoms with Gasteiger partial charge in [0.1, 0.15) is 0 Å². The highest BCUT2D eigenvalue weighted by atomic mass is 79.9. The van der Waals surface area contributed by atoms with Gasteiger partial charge in [-0.1, -0.05) is 0 Å². The molecular weight excluding hydrogens is 276 g/mol. The summed E-state index contributed by atoms with van der Waals surface area (Å²) in [5.41, 5.74) is 5.81. The molecule has 0 spiro atoms. The van der Waals surface area contributed by atoms with Crippen LogP contribution in [0.3, 0.4) is 0 Å². The largest absolute Gasteiger partial charge is 0.328 e. The fourth-order valence-electron chi connectivity index (χ4n) is 1.74. The lowest BCUT2D eigenvalue weighted by molar-refractivity contribution is -0.205. The number of hydrogen-bond donors (Lipinski definition) is 1. The average molecular weight is 291 g/mol. The molecule has 2 N–H and O–H groups in total. The van der Waals surface area contributed by atoms with E-state index in [-0.39, 0.29) is 6.04 Å². The van der Waals surface area contributed by atoms with E-state index in [1.807, 2.05) is 5.06 Å². The van der Waals surface area contributed by atoms with Crippen molar-refractivity contribution in [2.24, 2.45) is 5.73 Å². The number of halogens is 1. The van der Waals surface area contributed by atoms with Crippen LogP contribution in [0.2, 0.25) is 0 Å². The Labute approximate surface area is 102 Å². The lowest BCUT2D eigenvalue weighted by Gasteiger charge is -2.32. The van der Waals surface area contributed by atoms with Gasteiger partial charge in [0.05, 0.1) is 12.6 Å². The molecule has 0 aromatic carbocycles. The summed E-state index contributed by atoms with van der Waals surface area (Å²) in [7, 11) is 0. The monoisotopic (exact) mass is 290 g/mol. The van der Waals surface area contributed by atoms with Crippen LogP contribution in [0.1, 0.15) is 23.8 Å². The van der Waals surface area contributed by atoms with Gasteiger partial charge in [0.2, 0.25) is 0 Å². The molecule has 1 fully saturated rings. The zero-order chi connectivity index (χ0) is 10.7. The predicted molar refractivity (Wildman–Crippen MR) is 65.7 cm³/mol. The molecule has 1 aliphatic heterocycles. The summed E-state index contributed by atoms with van der Waals surface area (Å²) < 4.78 is 1.12. The molecule has 84 valence electrons. The van der Waals surface area contributed by atoms with Gasteiger partial charge in [-0.3, -0.25) is 4.84 Å². The van der Waals surface area contributed by atoms with Crippen LogP contribution in [0.25, 0.3) is 0 Å². The molecule has 15 heavy (non-hydrogen) atoms. The molecule has 1 unspecified atom stereocenters. The number of nitrogens with two attached hydrogens (primary N) is 1. The van der Waals surface area contributed by atoms with E-state index in [2.05, 4.69) is 27.4 Å². The lowest BCUT2D eigenvalue weighted by atomic mass is 10.2. The summed E-state index contributed by atoms with van der Waals surface area (Å²) in [6.07, 6.45) is 2.35. The molecule has 2 heterocycles. The zero-order valence-corrected chi connectivity index (χ0v) is 10.9. The Bertz CT molecular complexity index is 312. The summed E-state index contributed by atoms with van der Waals surface area (Å²) in [5, 5.41) is 4.11. The van der Waals surface area contributed by atoms with Gasteiger partial charge in [0.15, 0.2) is 0 Å². The summed E-state index contributed by atoms with van der Waals surface area (Å²) >= 11 is 5.19. The predicted octanol–water partition coefficient (Wildman–Crippen LogP) is 2.54. The normalized spacial score (nSPS) is 20.4. The van der Waals surface area contributed by atoms with Gasteiger partial charge in [-0.15, -0.1) is 11.3 Å². The Hall–Kier alpha value is 0.0600. The molecule has 0 aliphatic carbocycles. The first-order chi connectivity index (χ1) is 7.31. The van der Waals surface area contributed by atoms with Crippen LogP contribution in [-0.2, 0) is 4.84 Å². The third-order valence-corrected chi connectivity index (χ3v) is 4.31. The Kier molecular flexibility index (Phi) is 4.16. The number of nitrogens with zero attached hydrogens (tertiary/aromatic N) is 1. The van der Waals surface area contributed by atoms with E-state index in [9.17, 15) is 0 Å². The number of rotatable bonds is 3. The fraction of sp³-hybridized carbons (Fsp3) is 0.600. The first-order valence-electron chi connectivity index (χ1n) is 5.15. The van der Waals surface area contributed by atoms with Gasteiger partial charge >= 0.3 is 0 Å². The van der Waals surface area contributed by atoms with Crippen molar-refractivity contribution in [3.05, 3.63) is 20.8 Å². The molecule has 0 radical (unpaired) electrons. The second kappa shape index (κ2) is 5.41. The maximum atomic E-state index is 5.81. The van der Waals surface area contributed by atoms with Gasteiger partial charge in [-0.2, -0.15) is 5.06 Å². The van der Waals surface area contributed by atoms with Crippen molar-refractivity contribution in [3.63, 3.8) is 0 Å². The molecule has 1 aromatic heterocycles. The first-order valence-corrected chi connectivity index (χ1v) is 6.82. The van der Waals surface area contributed by atoms with E-state index in [0.717, 1.165) is 24.0 Å². The van der Waals surface area contributed by atoms with Crippen molar-refractivity contribution in [1.29, 1.82) is 0 Å². The van der Waals surface area contributed by atoms with Crippen molar-refractivity contribution < 1.29 is 4.84 Å². The van der Waals surface area contributed by atoms with Crippen molar-refractivity contribution >= 4 is 27.3 Å². The molecular formula is C10H15BrN2OS. The maximum absolute atomic E-state index is 5.81. The minimum atomic E-state index is 0.210. The molecule has 0 amide bonds. The van der Waals surface area contributed by atoms with E-state index in [1.54, 1.807) is 11.3 Å². The van der Waals surface area contributed by atoms with Crippen LogP contribution in [0.5, 0.6) is 0 Å². The topological polar surface area (TPSA) is 38.5 Å². The summed E-state index contributed by atoms with van der Waals surface area (Å²) in [6, 6.07) is 2.33. The SMILES string of the molecule is NCC(c1cc(Br)cs1)N1CCCCO1. The third kappa shape index (κ3) is 2.79. The number of hydrogen-bond acceptors (Lipinski definition) is 4. The molecule has 0 bridgehead atoms. The maximum Gasteiger partial charge on any atom is 0.0817 e. The van der Waals surface area contributed by atoms with Gasteiger partial charge in [-0.05, 0) is 34.8 Å². The Balaban J connectivity index is 2.08. The standard InChI is InChI=1S/C10H15BrN2OS/c11-8-5-10(15-7-8)9(6-12)13-3-1-2-4-14-13/h5,7,9H,1-4,6,12H2. The Morgan fingerprint density at radius 1 is 1.60 bits per heavy atom. The second-order valence-electron chi connectivity index (χ2n) is 3.60. The quantitative estimate of drug-likeness (QED) is 0.930. The third-order valence-electron chi connectivity index (χ3n) is 2.52. The molecule has 3 nitrogen and oxygen atoms in total. The fourth-order valence-corrected chi connectivity index (χ4v) is 3.30. The summed E-state index contributed by atoms with van der Waals surface area (Å²) in [4.78, 5) is 6.91. The molecule has 1 aliphatic rings. The van der Waals surface area contributed by atoms with Crippen LogP contribution in [0.15, 0.2) is 15.9 Å². The van der Waals surface area contributed by atoms with E-state index < -0.39 is 0 Å². The van der Waals surface area contributed by atoms with Gasteiger partial charge < -0.3 is 5.73 Å². The Morgan fingerprint density at radius 3 is 3.00 bits per heavy atom. The molecule has 2 rings (SSSR count). The van der Waals surface area contributed by atoms with E-state index in [4.69, 9.17) is 10.6 Å². The van der Waals surface area contributed by atoms with Gasteiger partial charge in [-0.25, -0.2) is 0 Å². The number of thiophene rings is 1. The zero-order valence-electron chi connectivity index (χ0n) is 8.49. The van der Waals surface area contributed by atoms with Crippen LogP contribution in [0, 0.1) is 0 Å². The molecule has 1 aromatic rings. The van der Waals surface area contributed by atoms with Crippen molar-refractivity contribution in [3.8, 4) is 0 Å². The van der Waals surface area contributed by atoms with E-state index in [1.165, 1.54) is 11.3 Å². The minimum absolute atomic E-state index is 0.210. The molecule has 0 saturated carbocycles. The van der Waals surface area contributed by atoms with Crippen LogP contribution < -0.4 is 5.73 Å². The second-order valence-corrected chi connectivity index (χ2v) is 5.46. The lowest BCUT2D eigenvalue weighted by Crippen LogP contribution is -2.37. The average Bonchev–Trinajstić information content (AvgIpc) is 2.68. The van der Waals surface area contributed by atoms with Crippen LogP contribution >= 0.6 is 27.3 Å². The van der Waals surface area contributed by atoms with Gasteiger partial charge in [0, 0.05) is 27.8 Å². The highest BCUT2D eigenvalue weighted by Crippen LogP contribution is 2.30. The molecule has 5 heteroatoms. The smallest absolute Gasteiger partial charge is 0.0817 e. The van der Waals surface area contributed by atoms with Gasteiger partial charge in [0.25, 0.3) is 0 Å². The highest BCUT2D eigenvalue weighted by molar-refractivity contribution is 9.10.